The molecule has 1 aromatic rings. The van der Waals surface area contributed by atoms with Crippen LogP contribution in [0, 0.1) is 12.8 Å². The number of rotatable bonds is 2. The Morgan fingerprint density at radius 1 is 1.60 bits per heavy atom. The monoisotopic (exact) mass is 225 g/mol. The predicted octanol–water partition coefficient (Wildman–Crippen LogP) is 1.15. The molecule has 1 aromatic heterocycles. The first-order chi connectivity index (χ1) is 7.16. The van der Waals surface area contributed by atoms with Crippen molar-refractivity contribution in [3.8, 4) is 0 Å². The average molecular weight is 225 g/mol. The van der Waals surface area contributed by atoms with E-state index in [0.717, 1.165) is 36.8 Å². The van der Waals surface area contributed by atoms with Crippen LogP contribution in [-0.2, 0) is 4.79 Å². The summed E-state index contributed by atoms with van der Waals surface area (Å²) in [4.78, 5) is 17.7. The SMILES string of the molecule is Cc1csc(N2CCC(C(N)=O)CC2)n1. The molecular formula is C10H15N3OS. The van der Waals surface area contributed by atoms with Gasteiger partial charge in [0.2, 0.25) is 5.91 Å². The Labute approximate surface area is 93.1 Å². The zero-order chi connectivity index (χ0) is 10.8. The van der Waals surface area contributed by atoms with E-state index >= 15 is 0 Å². The van der Waals surface area contributed by atoms with Gasteiger partial charge in [-0.1, -0.05) is 0 Å². The minimum atomic E-state index is -0.162. The van der Waals surface area contributed by atoms with Gasteiger partial charge in [0.05, 0.1) is 5.69 Å². The molecule has 1 fully saturated rings. The summed E-state index contributed by atoms with van der Waals surface area (Å²) >= 11 is 1.66. The van der Waals surface area contributed by atoms with Gasteiger partial charge in [0.25, 0.3) is 0 Å². The maximum Gasteiger partial charge on any atom is 0.220 e. The summed E-state index contributed by atoms with van der Waals surface area (Å²) in [5.41, 5.74) is 6.35. The molecule has 0 spiro atoms. The molecule has 2 heterocycles. The molecule has 1 amide bonds. The second-order valence-corrected chi connectivity index (χ2v) is 4.77. The van der Waals surface area contributed by atoms with Crippen LogP contribution in [0.25, 0.3) is 0 Å². The molecule has 0 radical (unpaired) electrons. The fourth-order valence-electron chi connectivity index (χ4n) is 1.84. The molecule has 1 aliphatic heterocycles. The van der Waals surface area contributed by atoms with Crippen LogP contribution in [-0.4, -0.2) is 24.0 Å². The normalized spacial score (nSPS) is 18.1. The Morgan fingerprint density at radius 3 is 2.73 bits per heavy atom. The number of primary amides is 1. The van der Waals surface area contributed by atoms with Crippen molar-refractivity contribution in [2.45, 2.75) is 19.8 Å². The molecule has 0 aromatic carbocycles. The van der Waals surface area contributed by atoms with Crippen LogP contribution in [0.15, 0.2) is 5.38 Å². The van der Waals surface area contributed by atoms with Gasteiger partial charge >= 0.3 is 0 Å². The highest BCUT2D eigenvalue weighted by Gasteiger charge is 2.24. The number of aryl methyl sites for hydroxylation is 1. The lowest BCUT2D eigenvalue weighted by atomic mass is 9.97. The van der Waals surface area contributed by atoms with Gasteiger partial charge in [-0.3, -0.25) is 4.79 Å². The largest absolute Gasteiger partial charge is 0.369 e. The van der Waals surface area contributed by atoms with E-state index in [9.17, 15) is 4.79 Å². The number of hydrogen-bond acceptors (Lipinski definition) is 4. The number of thiazole rings is 1. The van der Waals surface area contributed by atoms with Crippen molar-refractivity contribution in [1.82, 2.24) is 4.98 Å². The number of amides is 1. The van der Waals surface area contributed by atoms with Crippen LogP contribution in [0.5, 0.6) is 0 Å². The Kier molecular flexibility index (Phi) is 2.90. The summed E-state index contributed by atoms with van der Waals surface area (Å²) in [6, 6.07) is 0. The number of nitrogens with zero attached hydrogens (tertiary/aromatic N) is 2. The molecule has 1 saturated heterocycles. The Hall–Kier alpha value is -1.10. The van der Waals surface area contributed by atoms with Crippen molar-refractivity contribution in [2.24, 2.45) is 11.7 Å². The summed E-state index contributed by atoms with van der Waals surface area (Å²) in [5.74, 6) is -0.104. The van der Waals surface area contributed by atoms with Crippen molar-refractivity contribution in [3.63, 3.8) is 0 Å². The van der Waals surface area contributed by atoms with E-state index in [-0.39, 0.29) is 11.8 Å². The molecule has 0 aliphatic carbocycles. The Bertz CT molecular complexity index is 355. The zero-order valence-electron chi connectivity index (χ0n) is 8.77. The van der Waals surface area contributed by atoms with Crippen molar-refractivity contribution in [2.75, 3.05) is 18.0 Å². The van der Waals surface area contributed by atoms with E-state index in [1.165, 1.54) is 0 Å². The molecule has 0 unspecified atom stereocenters. The molecule has 5 heteroatoms. The van der Waals surface area contributed by atoms with E-state index in [2.05, 4.69) is 15.3 Å². The second kappa shape index (κ2) is 4.18. The van der Waals surface area contributed by atoms with E-state index in [1.807, 2.05) is 6.92 Å². The second-order valence-electron chi connectivity index (χ2n) is 3.94. The van der Waals surface area contributed by atoms with Crippen LogP contribution in [0.3, 0.4) is 0 Å². The summed E-state index contributed by atoms with van der Waals surface area (Å²) in [6.45, 7) is 3.78. The van der Waals surface area contributed by atoms with Gasteiger partial charge in [0.15, 0.2) is 5.13 Å². The van der Waals surface area contributed by atoms with Crippen LogP contribution in [0.1, 0.15) is 18.5 Å². The van der Waals surface area contributed by atoms with Gasteiger partial charge in [0, 0.05) is 24.4 Å². The fourth-order valence-corrected chi connectivity index (χ4v) is 2.70. The van der Waals surface area contributed by atoms with E-state index < -0.39 is 0 Å². The zero-order valence-corrected chi connectivity index (χ0v) is 9.59. The van der Waals surface area contributed by atoms with Gasteiger partial charge in [-0.15, -0.1) is 11.3 Å². The standard InChI is InChI=1S/C10H15N3OS/c1-7-6-15-10(12-7)13-4-2-8(3-5-13)9(11)14/h6,8H,2-5H2,1H3,(H2,11,14). The average Bonchev–Trinajstić information content (AvgIpc) is 2.65. The van der Waals surface area contributed by atoms with Gasteiger partial charge in [-0.25, -0.2) is 4.98 Å². The van der Waals surface area contributed by atoms with Crippen molar-refractivity contribution in [1.29, 1.82) is 0 Å². The lowest BCUT2D eigenvalue weighted by Gasteiger charge is -2.30. The van der Waals surface area contributed by atoms with E-state index in [0.29, 0.717) is 0 Å². The van der Waals surface area contributed by atoms with Gasteiger partial charge in [-0.05, 0) is 19.8 Å². The highest BCUT2D eigenvalue weighted by molar-refractivity contribution is 7.13. The predicted molar refractivity (Wildman–Crippen MR) is 61.0 cm³/mol. The molecular weight excluding hydrogens is 210 g/mol. The van der Waals surface area contributed by atoms with Gasteiger partial charge in [-0.2, -0.15) is 0 Å². The summed E-state index contributed by atoms with van der Waals surface area (Å²) in [5, 5.41) is 3.12. The molecule has 15 heavy (non-hydrogen) atoms. The first kappa shape index (κ1) is 10.4. The van der Waals surface area contributed by atoms with Crippen LogP contribution >= 0.6 is 11.3 Å². The Balaban J connectivity index is 1.96. The number of carbonyl (C=O) groups is 1. The number of nitrogens with two attached hydrogens (primary N) is 1. The van der Waals surface area contributed by atoms with E-state index in [4.69, 9.17) is 5.73 Å². The summed E-state index contributed by atoms with van der Waals surface area (Å²) in [7, 11) is 0. The van der Waals surface area contributed by atoms with Crippen LogP contribution < -0.4 is 10.6 Å². The first-order valence-corrected chi connectivity index (χ1v) is 6.01. The number of piperidine rings is 1. The fraction of sp³-hybridized carbons (Fsp3) is 0.600. The molecule has 4 nitrogen and oxygen atoms in total. The van der Waals surface area contributed by atoms with Crippen LogP contribution in [0.2, 0.25) is 0 Å². The minimum Gasteiger partial charge on any atom is -0.369 e. The van der Waals surface area contributed by atoms with Crippen molar-refractivity contribution >= 4 is 22.4 Å². The topological polar surface area (TPSA) is 59.2 Å². The van der Waals surface area contributed by atoms with Crippen molar-refractivity contribution < 1.29 is 4.79 Å². The smallest absolute Gasteiger partial charge is 0.220 e. The third-order valence-corrected chi connectivity index (χ3v) is 3.79. The van der Waals surface area contributed by atoms with E-state index in [1.54, 1.807) is 11.3 Å². The first-order valence-electron chi connectivity index (χ1n) is 5.13. The quantitative estimate of drug-likeness (QED) is 0.821. The number of hydrogen-bond donors (Lipinski definition) is 1. The highest BCUT2D eigenvalue weighted by Crippen LogP contribution is 2.25. The number of anilines is 1. The van der Waals surface area contributed by atoms with Gasteiger partial charge in [0.1, 0.15) is 0 Å². The number of carbonyl (C=O) groups excluding carboxylic acids is 1. The minimum absolute atomic E-state index is 0.0577. The summed E-state index contributed by atoms with van der Waals surface area (Å²) in [6.07, 6.45) is 1.71. The maximum atomic E-state index is 11.0. The molecule has 2 N–H and O–H groups in total. The van der Waals surface area contributed by atoms with Gasteiger partial charge < -0.3 is 10.6 Å². The van der Waals surface area contributed by atoms with Crippen LogP contribution in [0.4, 0.5) is 5.13 Å². The molecule has 0 atom stereocenters. The number of aromatic nitrogens is 1. The molecule has 0 bridgehead atoms. The Morgan fingerprint density at radius 2 is 2.27 bits per heavy atom. The lowest BCUT2D eigenvalue weighted by molar-refractivity contribution is -0.122. The summed E-state index contributed by atoms with van der Waals surface area (Å²) < 4.78 is 0. The highest BCUT2D eigenvalue weighted by atomic mass is 32.1. The lowest BCUT2D eigenvalue weighted by Crippen LogP contribution is -2.38. The molecule has 0 saturated carbocycles. The molecule has 2 rings (SSSR count). The maximum absolute atomic E-state index is 11.0. The molecule has 1 aliphatic rings. The third kappa shape index (κ3) is 2.28. The third-order valence-electron chi connectivity index (χ3n) is 2.77. The molecule has 82 valence electrons. The van der Waals surface area contributed by atoms with Crippen molar-refractivity contribution in [3.05, 3.63) is 11.1 Å².